The van der Waals surface area contributed by atoms with Crippen LogP contribution in [0.5, 0.6) is 0 Å². The zero-order valence-electron chi connectivity index (χ0n) is 13.5. The van der Waals surface area contributed by atoms with E-state index in [9.17, 15) is 9.59 Å². The van der Waals surface area contributed by atoms with E-state index in [1.807, 2.05) is 34.6 Å². The lowest BCUT2D eigenvalue weighted by molar-refractivity contribution is -0.160. The summed E-state index contributed by atoms with van der Waals surface area (Å²) in [6, 6.07) is -0.119. The number of nitrogens with two attached hydrogens (primary N) is 1. The van der Waals surface area contributed by atoms with Crippen molar-refractivity contribution in [3.8, 4) is 0 Å². The molecule has 1 heterocycles. The lowest BCUT2D eigenvalue weighted by Gasteiger charge is -2.39. The van der Waals surface area contributed by atoms with Crippen LogP contribution in [0, 0.1) is 5.41 Å². The Labute approximate surface area is 126 Å². The van der Waals surface area contributed by atoms with Crippen molar-refractivity contribution in [2.45, 2.75) is 58.9 Å². The molecule has 0 aromatic rings. The van der Waals surface area contributed by atoms with Crippen molar-refractivity contribution in [3.63, 3.8) is 0 Å². The molecule has 0 aromatic heterocycles. The molecule has 120 valence electrons. The summed E-state index contributed by atoms with van der Waals surface area (Å²) >= 11 is 0. The second kappa shape index (κ2) is 6.05. The average Bonchev–Trinajstić information content (AvgIpc) is 2.60. The molecule has 1 unspecified atom stereocenters. The van der Waals surface area contributed by atoms with Crippen LogP contribution in [-0.4, -0.2) is 41.4 Å². The van der Waals surface area contributed by atoms with E-state index in [-0.39, 0.29) is 11.9 Å². The highest BCUT2D eigenvalue weighted by atomic mass is 16.6. The van der Waals surface area contributed by atoms with E-state index < -0.39 is 23.3 Å². The van der Waals surface area contributed by atoms with Crippen LogP contribution in [0.1, 0.15) is 41.0 Å². The molecule has 6 heteroatoms. The maximum Gasteiger partial charge on any atom is 0.405 e. The predicted molar refractivity (Wildman–Crippen MR) is 79.4 cm³/mol. The van der Waals surface area contributed by atoms with Gasteiger partial charge in [0, 0.05) is 5.41 Å². The zero-order valence-corrected chi connectivity index (χ0v) is 13.5. The van der Waals surface area contributed by atoms with Gasteiger partial charge in [-0.2, -0.15) is 0 Å². The molecule has 1 saturated heterocycles. The summed E-state index contributed by atoms with van der Waals surface area (Å²) < 4.78 is 10.8. The van der Waals surface area contributed by atoms with Crippen molar-refractivity contribution < 1.29 is 19.1 Å². The first kappa shape index (κ1) is 17.5. The Balaban J connectivity index is 3.10. The highest BCUT2D eigenvalue weighted by molar-refractivity contribution is 5.85. The topological polar surface area (TPSA) is 81.9 Å². The summed E-state index contributed by atoms with van der Waals surface area (Å²) in [6.45, 7) is 13.2. The third-order valence-electron chi connectivity index (χ3n) is 3.50. The van der Waals surface area contributed by atoms with E-state index >= 15 is 0 Å². The van der Waals surface area contributed by atoms with E-state index in [1.54, 1.807) is 11.0 Å². The Kier molecular flexibility index (Phi) is 5.04. The second-order valence-corrected chi connectivity index (χ2v) is 6.83. The van der Waals surface area contributed by atoms with Gasteiger partial charge >= 0.3 is 6.09 Å². The second-order valence-electron chi connectivity index (χ2n) is 6.83. The molecule has 0 saturated carbocycles. The van der Waals surface area contributed by atoms with Gasteiger partial charge in [-0.15, -0.1) is 6.58 Å². The number of hydrogen-bond donors (Lipinski definition) is 1. The highest BCUT2D eigenvalue weighted by Gasteiger charge is 2.48. The minimum absolute atomic E-state index is 0.119. The molecule has 0 aromatic carbocycles. The van der Waals surface area contributed by atoms with E-state index in [2.05, 4.69) is 6.58 Å². The number of hydrogen-bond acceptors (Lipinski definition) is 4. The van der Waals surface area contributed by atoms with Crippen LogP contribution in [0.4, 0.5) is 4.79 Å². The fraction of sp³-hybridized carbons (Fsp3) is 0.733. The first-order chi connectivity index (χ1) is 9.50. The van der Waals surface area contributed by atoms with Crippen LogP contribution < -0.4 is 5.73 Å². The van der Waals surface area contributed by atoms with Crippen molar-refractivity contribution in [2.75, 3.05) is 6.61 Å². The number of ether oxygens (including phenoxy) is 2. The molecule has 0 radical (unpaired) electrons. The van der Waals surface area contributed by atoms with Gasteiger partial charge in [0.05, 0.1) is 12.6 Å². The molecule has 1 rings (SSSR count). The summed E-state index contributed by atoms with van der Waals surface area (Å²) in [6.07, 6.45) is 0.448. The van der Waals surface area contributed by atoms with Gasteiger partial charge in [0.15, 0.2) is 6.10 Å². The Bertz CT molecular complexity index is 426. The van der Waals surface area contributed by atoms with Gasteiger partial charge in [-0.05, 0) is 20.3 Å². The minimum Gasteiger partial charge on any atom is -0.436 e. The fourth-order valence-corrected chi connectivity index (χ4v) is 2.54. The van der Waals surface area contributed by atoms with Gasteiger partial charge in [0.2, 0.25) is 0 Å². The van der Waals surface area contributed by atoms with Crippen molar-refractivity contribution in [1.29, 1.82) is 0 Å². The lowest BCUT2D eigenvalue weighted by atomic mass is 9.87. The fourth-order valence-electron chi connectivity index (χ4n) is 2.54. The van der Waals surface area contributed by atoms with Crippen molar-refractivity contribution in [3.05, 3.63) is 12.7 Å². The van der Waals surface area contributed by atoms with Crippen molar-refractivity contribution in [1.82, 2.24) is 4.90 Å². The summed E-state index contributed by atoms with van der Waals surface area (Å²) in [7, 11) is 0. The summed E-state index contributed by atoms with van der Waals surface area (Å²) in [4.78, 5) is 25.7. The monoisotopic (exact) mass is 298 g/mol. The summed E-state index contributed by atoms with van der Waals surface area (Å²) in [5.41, 5.74) is 3.79. The third kappa shape index (κ3) is 3.97. The SMILES string of the molecule is C=CC[C@H]1COC(C)(C)N1C(=O)C(OC(N)=O)C(C)(C)C. The Hall–Kier alpha value is -1.56. The molecule has 2 atom stereocenters. The number of amides is 2. The maximum atomic E-state index is 12.9. The Morgan fingerprint density at radius 1 is 1.52 bits per heavy atom. The third-order valence-corrected chi connectivity index (χ3v) is 3.50. The van der Waals surface area contributed by atoms with E-state index in [0.717, 1.165) is 0 Å². The van der Waals surface area contributed by atoms with Gasteiger partial charge in [-0.3, -0.25) is 4.79 Å². The minimum atomic E-state index is -0.957. The molecule has 0 bridgehead atoms. The summed E-state index contributed by atoms with van der Waals surface area (Å²) in [5.74, 6) is -0.296. The molecule has 21 heavy (non-hydrogen) atoms. The molecular weight excluding hydrogens is 272 g/mol. The van der Waals surface area contributed by atoms with E-state index in [0.29, 0.717) is 13.0 Å². The van der Waals surface area contributed by atoms with Crippen LogP contribution in [0.25, 0.3) is 0 Å². The molecule has 1 fully saturated rings. The first-order valence-corrected chi connectivity index (χ1v) is 7.05. The smallest absolute Gasteiger partial charge is 0.405 e. The summed E-state index contributed by atoms with van der Waals surface area (Å²) in [5, 5.41) is 0. The van der Waals surface area contributed by atoms with Gasteiger partial charge in [-0.25, -0.2) is 4.79 Å². The van der Waals surface area contributed by atoms with E-state index in [4.69, 9.17) is 15.2 Å². The molecule has 6 nitrogen and oxygen atoms in total. The normalized spacial score (nSPS) is 22.7. The quantitative estimate of drug-likeness (QED) is 0.805. The van der Waals surface area contributed by atoms with Gasteiger partial charge < -0.3 is 20.1 Å². The predicted octanol–water partition coefficient (Wildman–Crippen LogP) is 2.04. The molecule has 1 aliphatic heterocycles. The lowest BCUT2D eigenvalue weighted by Crippen LogP contribution is -2.55. The van der Waals surface area contributed by atoms with Gasteiger partial charge in [0.25, 0.3) is 5.91 Å². The van der Waals surface area contributed by atoms with Crippen LogP contribution in [0.2, 0.25) is 0 Å². The van der Waals surface area contributed by atoms with Crippen molar-refractivity contribution in [2.24, 2.45) is 11.1 Å². The number of carbonyl (C=O) groups excluding carboxylic acids is 2. The van der Waals surface area contributed by atoms with Crippen LogP contribution in [0.15, 0.2) is 12.7 Å². The van der Waals surface area contributed by atoms with Gasteiger partial charge in [0.1, 0.15) is 5.72 Å². The van der Waals surface area contributed by atoms with Crippen LogP contribution in [-0.2, 0) is 14.3 Å². The number of rotatable bonds is 4. The standard InChI is InChI=1S/C15H26N2O4/c1-7-8-10-9-20-15(5,6)17(10)12(18)11(14(2,3)4)21-13(16)19/h7,10-11H,1,8-9H2,2-6H3,(H2,16,19)/t10-,11?/m0/s1. The first-order valence-electron chi connectivity index (χ1n) is 7.05. The van der Waals surface area contributed by atoms with E-state index in [1.165, 1.54) is 0 Å². The molecule has 0 aliphatic carbocycles. The maximum absolute atomic E-state index is 12.9. The van der Waals surface area contributed by atoms with Crippen LogP contribution in [0.3, 0.4) is 0 Å². The van der Waals surface area contributed by atoms with Crippen molar-refractivity contribution >= 4 is 12.0 Å². The highest BCUT2D eigenvalue weighted by Crippen LogP contribution is 2.33. The Morgan fingerprint density at radius 2 is 2.10 bits per heavy atom. The molecular formula is C15H26N2O4. The molecule has 0 spiro atoms. The number of primary amides is 1. The number of carbonyl (C=O) groups is 2. The molecule has 1 aliphatic rings. The average molecular weight is 298 g/mol. The molecule has 2 amide bonds. The number of nitrogens with zero attached hydrogens (tertiary/aromatic N) is 1. The van der Waals surface area contributed by atoms with Gasteiger partial charge in [-0.1, -0.05) is 26.8 Å². The van der Waals surface area contributed by atoms with Crippen LogP contribution >= 0.6 is 0 Å². The largest absolute Gasteiger partial charge is 0.436 e. The zero-order chi connectivity index (χ0) is 16.4. The Morgan fingerprint density at radius 3 is 2.52 bits per heavy atom. The molecule has 2 N–H and O–H groups in total.